The quantitative estimate of drug-likeness (QED) is 0.906. The van der Waals surface area contributed by atoms with Crippen LogP contribution in [0.25, 0.3) is 0 Å². The molecule has 0 bridgehead atoms. The Kier molecular flexibility index (Phi) is 6.82. The fourth-order valence-corrected chi connectivity index (χ4v) is 2.43. The van der Waals surface area contributed by atoms with Gasteiger partial charge in [-0.15, -0.1) is 12.4 Å². The molecule has 1 N–H and O–H groups in total. The first kappa shape index (κ1) is 16.8. The SMILES string of the molecule is CCOc1ccccc1CN(C)C(=O)C1CCCN1.Cl. The molecule has 1 atom stereocenters. The van der Waals surface area contributed by atoms with Gasteiger partial charge in [0.1, 0.15) is 5.75 Å². The summed E-state index contributed by atoms with van der Waals surface area (Å²) in [4.78, 5) is 14.0. The fourth-order valence-electron chi connectivity index (χ4n) is 2.43. The van der Waals surface area contributed by atoms with Crippen LogP contribution in [0.2, 0.25) is 0 Å². The van der Waals surface area contributed by atoms with Gasteiger partial charge in [0.2, 0.25) is 5.91 Å². The van der Waals surface area contributed by atoms with E-state index in [2.05, 4.69) is 5.32 Å². The summed E-state index contributed by atoms with van der Waals surface area (Å²) < 4.78 is 5.59. The number of amides is 1. The predicted molar refractivity (Wildman–Crippen MR) is 82.4 cm³/mol. The van der Waals surface area contributed by atoms with Crippen molar-refractivity contribution in [1.29, 1.82) is 0 Å². The minimum Gasteiger partial charge on any atom is -0.494 e. The summed E-state index contributed by atoms with van der Waals surface area (Å²) in [6.07, 6.45) is 2.02. The Morgan fingerprint density at radius 1 is 1.45 bits per heavy atom. The molecule has 1 aliphatic heterocycles. The average molecular weight is 299 g/mol. The number of rotatable bonds is 5. The lowest BCUT2D eigenvalue weighted by Crippen LogP contribution is -2.41. The molecule has 2 rings (SSSR count). The Morgan fingerprint density at radius 2 is 2.20 bits per heavy atom. The number of nitrogens with zero attached hydrogens (tertiary/aromatic N) is 1. The Bertz CT molecular complexity index is 434. The topological polar surface area (TPSA) is 41.6 Å². The van der Waals surface area contributed by atoms with Crippen LogP contribution in [0.15, 0.2) is 24.3 Å². The van der Waals surface area contributed by atoms with Crippen molar-refractivity contribution in [3.05, 3.63) is 29.8 Å². The van der Waals surface area contributed by atoms with E-state index in [9.17, 15) is 4.79 Å². The van der Waals surface area contributed by atoms with Crippen LogP contribution in [-0.2, 0) is 11.3 Å². The van der Waals surface area contributed by atoms with E-state index in [1.807, 2.05) is 38.2 Å². The zero-order chi connectivity index (χ0) is 13.7. The molecule has 1 amide bonds. The van der Waals surface area contributed by atoms with Crippen LogP contribution in [-0.4, -0.2) is 37.0 Å². The predicted octanol–water partition coefficient (Wildman–Crippen LogP) is 2.22. The van der Waals surface area contributed by atoms with Crippen molar-refractivity contribution in [2.45, 2.75) is 32.4 Å². The van der Waals surface area contributed by atoms with Crippen LogP contribution < -0.4 is 10.1 Å². The molecule has 1 heterocycles. The number of ether oxygens (including phenoxy) is 1. The van der Waals surface area contributed by atoms with Gasteiger partial charge in [-0.05, 0) is 32.4 Å². The molecule has 0 aliphatic carbocycles. The van der Waals surface area contributed by atoms with E-state index in [-0.39, 0.29) is 24.4 Å². The van der Waals surface area contributed by atoms with Crippen LogP contribution >= 0.6 is 12.4 Å². The molecule has 20 heavy (non-hydrogen) atoms. The van der Waals surface area contributed by atoms with Crippen LogP contribution in [0.3, 0.4) is 0 Å². The zero-order valence-electron chi connectivity index (χ0n) is 12.1. The minimum atomic E-state index is -0.00995. The van der Waals surface area contributed by atoms with Crippen molar-refractivity contribution in [3.63, 3.8) is 0 Å². The highest BCUT2D eigenvalue weighted by molar-refractivity contribution is 5.85. The molecular weight excluding hydrogens is 276 g/mol. The molecule has 1 unspecified atom stereocenters. The second-order valence-corrected chi connectivity index (χ2v) is 4.88. The first-order chi connectivity index (χ1) is 9.22. The third-order valence-corrected chi connectivity index (χ3v) is 3.41. The van der Waals surface area contributed by atoms with E-state index < -0.39 is 0 Å². The molecule has 1 aromatic rings. The summed E-state index contributed by atoms with van der Waals surface area (Å²) in [6.45, 7) is 4.14. The van der Waals surface area contributed by atoms with Crippen LogP contribution in [0, 0.1) is 0 Å². The van der Waals surface area contributed by atoms with E-state index in [4.69, 9.17) is 4.74 Å². The molecular formula is C15H23ClN2O2. The number of para-hydroxylation sites is 1. The van der Waals surface area contributed by atoms with Gasteiger partial charge in [-0.3, -0.25) is 4.79 Å². The number of likely N-dealkylation sites (N-methyl/N-ethyl adjacent to an activating group) is 1. The Balaban J connectivity index is 0.00000200. The number of carbonyl (C=O) groups excluding carboxylic acids is 1. The first-order valence-electron chi connectivity index (χ1n) is 6.91. The lowest BCUT2D eigenvalue weighted by Gasteiger charge is -2.22. The first-order valence-corrected chi connectivity index (χ1v) is 6.91. The summed E-state index contributed by atoms with van der Waals surface area (Å²) >= 11 is 0. The van der Waals surface area contributed by atoms with Crippen LogP contribution in [0.5, 0.6) is 5.75 Å². The fraction of sp³-hybridized carbons (Fsp3) is 0.533. The van der Waals surface area contributed by atoms with Crippen molar-refractivity contribution in [1.82, 2.24) is 10.2 Å². The Labute approximate surface area is 126 Å². The molecule has 4 nitrogen and oxygen atoms in total. The number of carbonyl (C=O) groups is 1. The summed E-state index contributed by atoms with van der Waals surface area (Å²) in [5.74, 6) is 1.04. The van der Waals surface area contributed by atoms with Gasteiger partial charge in [0, 0.05) is 19.2 Å². The maximum atomic E-state index is 12.2. The molecule has 1 fully saturated rings. The third kappa shape index (κ3) is 4.12. The van der Waals surface area contributed by atoms with Crippen molar-refractivity contribution in [3.8, 4) is 5.75 Å². The van der Waals surface area contributed by atoms with Gasteiger partial charge < -0.3 is 15.0 Å². The number of hydrogen-bond donors (Lipinski definition) is 1. The van der Waals surface area contributed by atoms with Crippen molar-refractivity contribution >= 4 is 18.3 Å². The highest BCUT2D eigenvalue weighted by Crippen LogP contribution is 2.20. The average Bonchev–Trinajstić information content (AvgIpc) is 2.94. The minimum absolute atomic E-state index is 0. The molecule has 5 heteroatoms. The Morgan fingerprint density at radius 3 is 2.85 bits per heavy atom. The largest absolute Gasteiger partial charge is 0.494 e. The van der Waals surface area contributed by atoms with Gasteiger partial charge >= 0.3 is 0 Å². The van der Waals surface area contributed by atoms with Crippen LogP contribution in [0.4, 0.5) is 0 Å². The summed E-state index contributed by atoms with van der Waals surface area (Å²) in [6, 6.07) is 7.88. The molecule has 0 spiro atoms. The summed E-state index contributed by atoms with van der Waals surface area (Å²) in [5.41, 5.74) is 1.05. The molecule has 1 aliphatic rings. The maximum Gasteiger partial charge on any atom is 0.239 e. The smallest absolute Gasteiger partial charge is 0.239 e. The van der Waals surface area contributed by atoms with Gasteiger partial charge in [0.15, 0.2) is 0 Å². The van der Waals surface area contributed by atoms with Crippen LogP contribution in [0.1, 0.15) is 25.3 Å². The summed E-state index contributed by atoms with van der Waals surface area (Å²) in [7, 11) is 1.85. The van der Waals surface area contributed by atoms with Gasteiger partial charge in [0.25, 0.3) is 0 Å². The van der Waals surface area contributed by atoms with Crippen molar-refractivity contribution < 1.29 is 9.53 Å². The Hall–Kier alpha value is -1.26. The van der Waals surface area contributed by atoms with E-state index in [0.29, 0.717) is 13.2 Å². The molecule has 1 aromatic carbocycles. The second kappa shape index (κ2) is 8.12. The van der Waals surface area contributed by atoms with E-state index in [0.717, 1.165) is 30.7 Å². The monoisotopic (exact) mass is 298 g/mol. The molecule has 0 saturated carbocycles. The zero-order valence-corrected chi connectivity index (χ0v) is 12.9. The van der Waals surface area contributed by atoms with Gasteiger partial charge in [-0.25, -0.2) is 0 Å². The number of nitrogens with one attached hydrogen (secondary N) is 1. The lowest BCUT2D eigenvalue weighted by atomic mass is 10.1. The van der Waals surface area contributed by atoms with Gasteiger partial charge in [-0.1, -0.05) is 18.2 Å². The lowest BCUT2D eigenvalue weighted by molar-refractivity contribution is -0.132. The highest BCUT2D eigenvalue weighted by Gasteiger charge is 2.25. The number of halogens is 1. The molecule has 112 valence electrons. The second-order valence-electron chi connectivity index (χ2n) is 4.88. The number of hydrogen-bond acceptors (Lipinski definition) is 3. The molecule has 0 aromatic heterocycles. The molecule has 0 radical (unpaired) electrons. The van der Waals surface area contributed by atoms with E-state index in [1.165, 1.54) is 0 Å². The highest BCUT2D eigenvalue weighted by atomic mass is 35.5. The molecule has 1 saturated heterocycles. The van der Waals surface area contributed by atoms with Crippen molar-refractivity contribution in [2.24, 2.45) is 0 Å². The maximum absolute atomic E-state index is 12.2. The normalized spacial score (nSPS) is 17.4. The third-order valence-electron chi connectivity index (χ3n) is 3.41. The van der Waals surface area contributed by atoms with Crippen molar-refractivity contribution in [2.75, 3.05) is 20.2 Å². The number of benzene rings is 1. The summed E-state index contributed by atoms with van der Waals surface area (Å²) in [5, 5.41) is 3.24. The standard InChI is InChI=1S/C15H22N2O2.ClH/c1-3-19-14-9-5-4-7-12(14)11-17(2)15(18)13-8-6-10-16-13;/h4-5,7,9,13,16H,3,6,8,10-11H2,1-2H3;1H. The van der Waals surface area contributed by atoms with E-state index in [1.54, 1.807) is 4.90 Å². The van der Waals surface area contributed by atoms with E-state index >= 15 is 0 Å². The van der Waals surface area contributed by atoms with Gasteiger partial charge in [0.05, 0.1) is 12.6 Å². The van der Waals surface area contributed by atoms with Gasteiger partial charge in [-0.2, -0.15) is 0 Å².